The highest BCUT2D eigenvalue weighted by molar-refractivity contribution is 6.69. The summed E-state index contributed by atoms with van der Waals surface area (Å²) in [6, 6.07) is 6.48. The standard InChI is InChI=1S/C25H38ClN5/c1-6-18(2)23(26)29-24(20(4)27)28-21-7-8-22(19(3)17-21)31-15-11-25(12-16-31)9-13-30(5)14-10-25/h7-8,17,28H,2,6,9-16,27H2,1,3-5H3/b24-20+,29-23?. The van der Waals surface area contributed by atoms with E-state index in [9.17, 15) is 0 Å². The molecule has 170 valence electrons. The monoisotopic (exact) mass is 443 g/mol. The van der Waals surface area contributed by atoms with Crippen LogP contribution in [0.25, 0.3) is 0 Å². The highest BCUT2D eigenvalue weighted by atomic mass is 35.5. The fourth-order valence-electron chi connectivity index (χ4n) is 4.58. The van der Waals surface area contributed by atoms with Crippen molar-refractivity contribution in [1.82, 2.24) is 4.90 Å². The third-order valence-electron chi connectivity index (χ3n) is 6.97. The number of allylic oxidation sites excluding steroid dienone is 2. The Hall–Kier alpha value is -1.98. The molecule has 2 fully saturated rings. The lowest BCUT2D eigenvalue weighted by atomic mass is 9.71. The van der Waals surface area contributed by atoms with Crippen molar-refractivity contribution in [2.75, 3.05) is 43.4 Å². The fourth-order valence-corrected chi connectivity index (χ4v) is 4.80. The maximum Gasteiger partial charge on any atom is 0.150 e. The molecule has 0 bridgehead atoms. The zero-order valence-corrected chi connectivity index (χ0v) is 20.4. The van der Waals surface area contributed by atoms with Gasteiger partial charge in [-0.2, -0.15) is 0 Å². The van der Waals surface area contributed by atoms with E-state index >= 15 is 0 Å². The molecule has 0 amide bonds. The van der Waals surface area contributed by atoms with Crippen molar-refractivity contribution in [2.45, 2.75) is 52.9 Å². The normalized spacial score (nSPS) is 20.5. The Morgan fingerprint density at radius 1 is 1.19 bits per heavy atom. The molecule has 5 nitrogen and oxygen atoms in total. The maximum absolute atomic E-state index is 6.28. The summed E-state index contributed by atoms with van der Waals surface area (Å²) in [6.45, 7) is 14.7. The van der Waals surface area contributed by atoms with Crippen molar-refractivity contribution in [1.29, 1.82) is 0 Å². The molecule has 2 heterocycles. The molecule has 3 rings (SSSR count). The van der Waals surface area contributed by atoms with Crippen LogP contribution in [-0.4, -0.2) is 43.3 Å². The molecule has 1 spiro atoms. The van der Waals surface area contributed by atoms with Crippen LogP contribution >= 0.6 is 11.6 Å². The number of hydrogen-bond acceptors (Lipinski definition) is 5. The Balaban J connectivity index is 1.68. The number of anilines is 2. The number of likely N-dealkylation sites (tertiary alicyclic amines) is 1. The molecule has 2 saturated heterocycles. The van der Waals surface area contributed by atoms with Gasteiger partial charge in [-0.15, -0.1) is 0 Å². The summed E-state index contributed by atoms with van der Waals surface area (Å²) in [7, 11) is 2.24. The minimum Gasteiger partial charge on any atom is -0.399 e. The lowest BCUT2D eigenvalue weighted by Crippen LogP contribution is -2.46. The predicted molar refractivity (Wildman–Crippen MR) is 135 cm³/mol. The predicted octanol–water partition coefficient (Wildman–Crippen LogP) is 5.47. The number of nitrogens with zero attached hydrogens (tertiary/aromatic N) is 3. The second-order valence-corrected chi connectivity index (χ2v) is 9.67. The first-order valence-corrected chi connectivity index (χ1v) is 11.8. The van der Waals surface area contributed by atoms with Gasteiger partial charge in [-0.3, -0.25) is 0 Å². The van der Waals surface area contributed by atoms with Gasteiger partial charge in [0.05, 0.1) is 0 Å². The summed E-state index contributed by atoms with van der Waals surface area (Å²) >= 11 is 6.28. The molecule has 0 atom stereocenters. The average molecular weight is 444 g/mol. The highest BCUT2D eigenvalue weighted by Crippen LogP contribution is 2.42. The van der Waals surface area contributed by atoms with Gasteiger partial charge in [-0.25, -0.2) is 4.99 Å². The fraction of sp³-hybridized carbons (Fsp3) is 0.560. The number of halogens is 1. The smallest absolute Gasteiger partial charge is 0.150 e. The molecule has 0 aromatic heterocycles. The summed E-state index contributed by atoms with van der Waals surface area (Å²) in [4.78, 5) is 9.47. The molecule has 2 aliphatic rings. The van der Waals surface area contributed by atoms with E-state index in [0.29, 0.717) is 22.1 Å². The Bertz CT molecular complexity index is 851. The van der Waals surface area contributed by atoms with Crippen molar-refractivity contribution in [3.8, 4) is 0 Å². The van der Waals surface area contributed by atoms with Crippen LogP contribution in [0.1, 0.15) is 51.5 Å². The van der Waals surface area contributed by atoms with E-state index in [1.807, 2.05) is 13.8 Å². The number of hydrogen-bond donors (Lipinski definition) is 2. The van der Waals surface area contributed by atoms with E-state index in [2.05, 4.69) is 58.9 Å². The molecule has 1 aromatic carbocycles. The third-order valence-corrected chi connectivity index (χ3v) is 7.33. The van der Waals surface area contributed by atoms with Gasteiger partial charge >= 0.3 is 0 Å². The number of nitrogens with one attached hydrogen (secondary N) is 1. The Morgan fingerprint density at radius 3 is 2.35 bits per heavy atom. The molecular weight excluding hydrogens is 406 g/mol. The minimum atomic E-state index is 0.388. The number of aliphatic imine (C=N–C) groups is 1. The number of nitrogens with two attached hydrogens (primary N) is 1. The van der Waals surface area contributed by atoms with Crippen LogP contribution in [0.3, 0.4) is 0 Å². The molecule has 1 aromatic rings. The zero-order valence-electron chi connectivity index (χ0n) is 19.6. The Morgan fingerprint density at radius 2 is 1.81 bits per heavy atom. The topological polar surface area (TPSA) is 56.9 Å². The van der Waals surface area contributed by atoms with Crippen LogP contribution in [0.15, 0.2) is 46.9 Å². The van der Waals surface area contributed by atoms with Gasteiger partial charge in [0.1, 0.15) is 5.17 Å². The lowest BCUT2D eigenvalue weighted by Gasteiger charge is -2.47. The third kappa shape index (κ3) is 5.83. The van der Waals surface area contributed by atoms with Crippen molar-refractivity contribution >= 4 is 28.1 Å². The van der Waals surface area contributed by atoms with Crippen LogP contribution in [-0.2, 0) is 0 Å². The summed E-state index contributed by atoms with van der Waals surface area (Å²) < 4.78 is 0. The van der Waals surface area contributed by atoms with Crippen molar-refractivity contribution in [3.05, 3.63) is 47.4 Å². The van der Waals surface area contributed by atoms with Gasteiger partial charge in [-0.05, 0) is 101 Å². The molecule has 6 heteroatoms. The van der Waals surface area contributed by atoms with Crippen molar-refractivity contribution < 1.29 is 0 Å². The largest absolute Gasteiger partial charge is 0.399 e. The number of piperidine rings is 2. The van der Waals surface area contributed by atoms with Gasteiger partial charge in [0.25, 0.3) is 0 Å². The van der Waals surface area contributed by atoms with Crippen LogP contribution < -0.4 is 16.0 Å². The van der Waals surface area contributed by atoms with Crippen molar-refractivity contribution in [3.63, 3.8) is 0 Å². The van der Waals surface area contributed by atoms with E-state index in [4.69, 9.17) is 17.3 Å². The molecule has 0 aliphatic carbocycles. The number of rotatable bonds is 6. The lowest BCUT2D eigenvalue weighted by molar-refractivity contribution is 0.0944. The van der Waals surface area contributed by atoms with E-state index in [-0.39, 0.29) is 0 Å². The molecule has 31 heavy (non-hydrogen) atoms. The molecular formula is C25H38ClN5. The van der Waals surface area contributed by atoms with Gasteiger partial charge < -0.3 is 20.9 Å². The molecule has 2 aliphatic heterocycles. The second kappa shape index (κ2) is 10.1. The maximum atomic E-state index is 6.28. The van der Waals surface area contributed by atoms with E-state index in [1.165, 1.54) is 50.0 Å². The number of benzene rings is 1. The van der Waals surface area contributed by atoms with E-state index in [0.717, 1.165) is 30.8 Å². The summed E-state index contributed by atoms with van der Waals surface area (Å²) in [6.07, 6.45) is 6.05. The molecule has 0 radical (unpaired) electrons. The first-order chi connectivity index (χ1) is 14.7. The highest BCUT2D eigenvalue weighted by Gasteiger charge is 2.37. The minimum absolute atomic E-state index is 0.388. The molecule has 0 saturated carbocycles. The van der Waals surface area contributed by atoms with Gasteiger partial charge in [0.2, 0.25) is 0 Å². The van der Waals surface area contributed by atoms with Crippen LogP contribution in [0.2, 0.25) is 0 Å². The summed E-state index contributed by atoms with van der Waals surface area (Å²) in [5.74, 6) is 0.564. The zero-order chi connectivity index (χ0) is 22.6. The average Bonchev–Trinajstić information content (AvgIpc) is 2.75. The second-order valence-electron chi connectivity index (χ2n) is 9.31. The van der Waals surface area contributed by atoms with Crippen LogP contribution in [0.4, 0.5) is 11.4 Å². The summed E-state index contributed by atoms with van der Waals surface area (Å²) in [5, 5.41) is 3.72. The van der Waals surface area contributed by atoms with Gasteiger partial charge in [0.15, 0.2) is 5.82 Å². The molecule has 0 unspecified atom stereocenters. The number of aryl methyl sites for hydroxylation is 1. The van der Waals surface area contributed by atoms with Gasteiger partial charge in [-0.1, -0.05) is 25.1 Å². The van der Waals surface area contributed by atoms with E-state index < -0.39 is 0 Å². The first-order valence-electron chi connectivity index (χ1n) is 11.4. The van der Waals surface area contributed by atoms with Crippen LogP contribution in [0.5, 0.6) is 0 Å². The van der Waals surface area contributed by atoms with Crippen molar-refractivity contribution in [2.24, 2.45) is 16.1 Å². The van der Waals surface area contributed by atoms with E-state index in [1.54, 1.807) is 0 Å². The van der Waals surface area contributed by atoms with Crippen LogP contribution in [0, 0.1) is 12.3 Å². The first kappa shape index (κ1) is 23.7. The molecule has 3 N–H and O–H groups in total. The quantitative estimate of drug-likeness (QED) is 0.572. The summed E-state index contributed by atoms with van der Waals surface area (Å²) in [5.41, 5.74) is 11.5. The van der Waals surface area contributed by atoms with Gasteiger partial charge in [0, 0.05) is 30.2 Å². The Kier molecular flexibility index (Phi) is 7.71. The SMILES string of the molecule is C=C(CC)C(Cl)=N/C(Nc1ccc(N2CCC3(CCN(C)CC3)CC2)c(C)c1)=C(\C)N. The Labute approximate surface area is 193 Å².